The number of nitrogens with zero attached hydrogens (tertiary/aromatic N) is 3. The van der Waals surface area contributed by atoms with E-state index >= 15 is 0 Å². The van der Waals surface area contributed by atoms with Crippen LogP contribution in [0, 0.1) is 6.92 Å². The molecular weight excluding hydrogens is 569 g/mol. The number of aromatic nitrogens is 1. The first-order valence-electron chi connectivity index (χ1n) is 11.0. The highest BCUT2D eigenvalue weighted by molar-refractivity contribution is 14.1. The second-order valence-corrected chi connectivity index (χ2v) is 12.6. The number of likely N-dealkylation sites (tertiary alicyclic amines) is 1. The summed E-state index contributed by atoms with van der Waals surface area (Å²) in [5.41, 5.74) is 1.21. The Bertz CT molecular complexity index is 1340. The fourth-order valence-electron chi connectivity index (χ4n) is 4.14. The standard InChI is InChI=1S/C24H28IN3O3S2/c1-17-16-27(2)24(32-17)26-21-7-10-28(11-8-21)23(29)9-12-33(30,31)22-6-5-19-13-18(15-25)3-4-20(19)14-22/h3-6,13-14,16,21H,7-12,15H2,1-2H3. The molecule has 1 fully saturated rings. The molecule has 0 bridgehead atoms. The molecule has 0 atom stereocenters. The molecule has 33 heavy (non-hydrogen) atoms. The van der Waals surface area contributed by atoms with Gasteiger partial charge < -0.3 is 9.47 Å². The van der Waals surface area contributed by atoms with E-state index in [2.05, 4.69) is 41.8 Å². The van der Waals surface area contributed by atoms with Crippen molar-refractivity contribution in [3.05, 3.63) is 57.8 Å². The van der Waals surface area contributed by atoms with Gasteiger partial charge in [0.2, 0.25) is 5.91 Å². The van der Waals surface area contributed by atoms with Crippen LogP contribution in [0.3, 0.4) is 0 Å². The lowest BCUT2D eigenvalue weighted by atomic mass is 10.1. The number of carbonyl (C=O) groups is 1. The van der Waals surface area contributed by atoms with Gasteiger partial charge in [0.1, 0.15) is 0 Å². The van der Waals surface area contributed by atoms with E-state index in [0.717, 1.165) is 32.8 Å². The zero-order valence-electron chi connectivity index (χ0n) is 18.8. The third kappa shape index (κ3) is 5.86. The lowest BCUT2D eigenvalue weighted by molar-refractivity contribution is -0.131. The van der Waals surface area contributed by atoms with Crippen molar-refractivity contribution in [1.29, 1.82) is 0 Å². The van der Waals surface area contributed by atoms with Gasteiger partial charge in [0.15, 0.2) is 14.6 Å². The molecule has 2 heterocycles. The predicted molar refractivity (Wildman–Crippen MR) is 142 cm³/mol. The number of fused-ring (bicyclic) bond motifs is 1. The average Bonchev–Trinajstić information content (AvgIpc) is 3.13. The molecule has 1 amide bonds. The van der Waals surface area contributed by atoms with Crippen molar-refractivity contribution in [2.75, 3.05) is 18.8 Å². The van der Waals surface area contributed by atoms with Gasteiger partial charge in [-0.2, -0.15) is 0 Å². The summed E-state index contributed by atoms with van der Waals surface area (Å²) in [4.78, 5) is 21.8. The van der Waals surface area contributed by atoms with Gasteiger partial charge in [0.25, 0.3) is 0 Å². The lowest BCUT2D eigenvalue weighted by Gasteiger charge is -2.30. The van der Waals surface area contributed by atoms with Crippen LogP contribution in [0.1, 0.15) is 29.7 Å². The van der Waals surface area contributed by atoms with Crippen LogP contribution in [0.25, 0.3) is 10.8 Å². The Kier molecular flexibility index (Phi) is 7.59. The predicted octanol–water partition coefficient (Wildman–Crippen LogP) is 4.24. The van der Waals surface area contributed by atoms with Crippen LogP contribution in [0.4, 0.5) is 0 Å². The molecule has 0 aliphatic carbocycles. The van der Waals surface area contributed by atoms with E-state index in [4.69, 9.17) is 4.99 Å². The number of amides is 1. The molecule has 3 aromatic rings. The highest BCUT2D eigenvalue weighted by Crippen LogP contribution is 2.23. The Balaban J connectivity index is 1.35. The number of alkyl halides is 1. The molecular formula is C24H28IN3O3S2. The van der Waals surface area contributed by atoms with Gasteiger partial charge in [0, 0.05) is 42.1 Å². The van der Waals surface area contributed by atoms with Crippen LogP contribution in [-0.2, 0) is 26.1 Å². The van der Waals surface area contributed by atoms with E-state index in [9.17, 15) is 13.2 Å². The van der Waals surface area contributed by atoms with Crippen LogP contribution in [0.2, 0.25) is 0 Å². The first kappa shape index (κ1) is 24.4. The van der Waals surface area contributed by atoms with E-state index in [0.29, 0.717) is 13.1 Å². The lowest BCUT2D eigenvalue weighted by Crippen LogP contribution is -2.40. The first-order valence-corrected chi connectivity index (χ1v) is 15.0. The van der Waals surface area contributed by atoms with Crippen LogP contribution < -0.4 is 4.80 Å². The average molecular weight is 598 g/mol. The monoisotopic (exact) mass is 597 g/mol. The third-order valence-corrected chi connectivity index (χ3v) is 9.61. The summed E-state index contributed by atoms with van der Waals surface area (Å²) in [6.07, 6.45) is 3.69. The quantitative estimate of drug-likeness (QED) is 0.316. The number of rotatable bonds is 6. The minimum Gasteiger partial charge on any atom is -0.343 e. The minimum absolute atomic E-state index is 0.00896. The number of thiazole rings is 1. The molecule has 1 aliphatic rings. The second kappa shape index (κ2) is 10.3. The van der Waals surface area contributed by atoms with Gasteiger partial charge >= 0.3 is 0 Å². The smallest absolute Gasteiger partial charge is 0.223 e. The number of halogens is 1. The van der Waals surface area contributed by atoms with Gasteiger partial charge in [-0.05, 0) is 48.2 Å². The molecule has 0 spiro atoms. The topological polar surface area (TPSA) is 71.7 Å². The van der Waals surface area contributed by atoms with E-state index < -0.39 is 9.84 Å². The van der Waals surface area contributed by atoms with Gasteiger partial charge in [-0.15, -0.1) is 11.3 Å². The Morgan fingerprint density at radius 2 is 1.85 bits per heavy atom. The zero-order valence-corrected chi connectivity index (χ0v) is 22.6. The summed E-state index contributed by atoms with van der Waals surface area (Å²) < 4.78 is 28.7. The van der Waals surface area contributed by atoms with Gasteiger partial charge in [0.05, 0.1) is 16.7 Å². The zero-order chi connectivity index (χ0) is 23.6. The molecule has 0 saturated carbocycles. The Morgan fingerprint density at radius 3 is 2.52 bits per heavy atom. The fourth-order valence-corrected chi connectivity index (χ4v) is 6.77. The number of carbonyl (C=O) groups excluding carboxylic acids is 1. The largest absolute Gasteiger partial charge is 0.343 e. The Hall–Kier alpha value is -1.72. The third-order valence-electron chi connectivity index (χ3n) is 6.01. The number of sulfone groups is 1. The summed E-state index contributed by atoms with van der Waals surface area (Å²) in [6.45, 7) is 3.31. The summed E-state index contributed by atoms with van der Waals surface area (Å²) in [6, 6.07) is 11.5. The number of aryl methyl sites for hydroxylation is 2. The first-order chi connectivity index (χ1) is 15.7. The van der Waals surface area contributed by atoms with Crippen molar-refractivity contribution in [3.8, 4) is 0 Å². The number of hydrogen-bond donors (Lipinski definition) is 0. The van der Waals surface area contributed by atoms with Gasteiger partial charge in [-0.1, -0.05) is 46.9 Å². The maximum absolute atomic E-state index is 12.9. The van der Waals surface area contributed by atoms with Crippen molar-refractivity contribution >= 4 is 60.4 Å². The number of piperidine rings is 1. The summed E-state index contributed by atoms with van der Waals surface area (Å²) in [7, 11) is -1.52. The van der Waals surface area contributed by atoms with Crippen molar-refractivity contribution in [2.24, 2.45) is 12.0 Å². The second-order valence-electron chi connectivity index (χ2n) is 8.52. The highest BCUT2D eigenvalue weighted by atomic mass is 127. The molecule has 9 heteroatoms. The van der Waals surface area contributed by atoms with Crippen LogP contribution in [-0.4, -0.2) is 48.7 Å². The van der Waals surface area contributed by atoms with Crippen LogP contribution in [0.5, 0.6) is 0 Å². The van der Waals surface area contributed by atoms with Crippen molar-refractivity contribution in [3.63, 3.8) is 0 Å². The number of benzene rings is 2. The van der Waals surface area contributed by atoms with E-state index in [1.165, 1.54) is 10.4 Å². The van der Waals surface area contributed by atoms with E-state index in [1.54, 1.807) is 28.4 Å². The van der Waals surface area contributed by atoms with Crippen molar-refractivity contribution < 1.29 is 13.2 Å². The maximum atomic E-state index is 12.9. The highest BCUT2D eigenvalue weighted by Gasteiger charge is 2.24. The Labute approximate surface area is 212 Å². The van der Waals surface area contributed by atoms with Crippen molar-refractivity contribution in [2.45, 2.75) is 41.6 Å². The summed E-state index contributed by atoms with van der Waals surface area (Å²) >= 11 is 3.99. The Morgan fingerprint density at radius 1 is 1.15 bits per heavy atom. The SMILES string of the molecule is Cc1cn(C)c(=NC2CCN(C(=O)CCS(=O)(=O)c3ccc4cc(CI)ccc4c3)CC2)s1. The summed E-state index contributed by atoms with van der Waals surface area (Å²) in [5, 5.41) is 1.93. The molecule has 6 nitrogen and oxygen atoms in total. The van der Waals surface area contributed by atoms with Crippen LogP contribution in [0.15, 0.2) is 52.5 Å². The molecule has 4 rings (SSSR count). The molecule has 0 unspecified atom stereocenters. The van der Waals surface area contributed by atoms with E-state index in [-0.39, 0.29) is 29.0 Å². The number of hydrogen-bond acceptors (Lipinski definition) is 5. The molecule has 176 valence electrons. The van der Waals surface area contributed by atoms with Gasteiger partial charge in [-0.3, -0.25) is 9.79 Å². The molecule has 2 aromatic carbocycles. The molecule has 0 N–H and O–H groups in total. The van der Waals surface area contributed by atoms with Crippen molar-refractivity contribution in [1.82, 2.24) is 9.47 Å². The summed E-state index contributed by atoms with van der Waals surface area (Å²) in [5.74, 6) is -0.264. The molecule has 1 aromatic heterocycles. The van der Waals surface area contributed by atoms with Gasteiger partial charge in [-0.25, -0.2) is 8.42 Å². The van der Waals surface area contributed by atoms with Crippen LogP contribution >= 0.6 is 33.9 Å². The molecule has 1 saturated heterocycles. The minimum atomic E-state index is -3.52. The fraction of sp³-hybridized carbons (Fsp3) is 0.417. The molecule has 0 radical (unpaired) electrons. The maximum Gasteiger partial charge on any atom is 0.223 e. The van der Waals surface area contributed by atoms with E-state index in [1.807, 2.05) is 29.8 Å². The normalized spacial score (nSPS) is 16.0. The molecule has 1 aliphatic heterocycles.